The standard InChI is InChI=1S/C12H16N2O4S/c15-8-12(5-1-2-6-12)7-13-11(16)9-3-4-10(19-9)14(17)18/h3-4,15H,1-2,5-8H2,(H,13,16). The second-order valence-corrected chi connectivity index (χ2v) is 6.01. The molecule has 104 valence electrons. The van der Waals surface area contributed by atoms with Gasteiger partial charge in [0.25, 0.3) is 5.91 Å². The third-order valence-corrected chi connectivity index (χ3v) is 4.65. The molecule has 0 saturated heterocycles. The number of carbonyl (C=O) groups is 1. The summed E-state index contributed by atoms with van der Waals surface area (Å²) in [5.74, 6) is -0.308. The lowest BCUT2D eigenvalue weighted by Gasteiger charge is -2.26. The summed E-state index contributed by atoms with van der Waals surface area (Å²) >= 11 is 0.864. The lowest BCUT2D eigenvalue weighted by atomic mass is 9.87. The van der Waals surface area contributed by atoms with Gasteiger partial charge < -0.3 is 10.4 Å². The van der Waals surface area contributed by atoms with Crippen molar-refractivity contribution in [3.8, 4) is 0 Å². The molecule has 2 rings (SSSR count). The van der Waals surface area contributed by atoms with Gasteiger partial charge in [-0.1, -0.05) is 24.2 Å². The predicted octanol–water partition coefficient (Wildman–Crippen LogP) is 1.94. The molecule has 1 aromatic heterocycles. The highest BCUT2D eigenvalue weighted by Crippen LogP contribution is 2.37. The number of hydrogen-bond acceptors (Lipinski definition) is 5. The number of aliphatic hydroxyl groups excluding tert-OH is 1. The Labute approximate surface area is 114 Å². The fourth-order valence-corrected chi connectivity index (χ4v) is 3.16. The van der Waals surface area contributed by atoms with Gasteiger partial charge in [-0.3, -0.25) is 14.9 Å². The summed E-state index contributed by atoms with van der Waals surface area (Å²) < 4.78 is 0. The number of hydrogen-bond donors (Lipinski definition) is 2. The van der Waals surface area contributed by atoms with E-state index in [-0.39, 0.29) is 22.9 Å². The minimum atomic E-state index is -0.506. The van der Waals surface area contributed by atoms with Crippen LogP contribution in [0.5, 0.6) is 0 Å². The number of rotatable bonds is 5. The molecular weight excluding hydrogens is 268 g/mol. The van der Waals surface area contributed by atoms with Crippen LogP contribution in [-0.2, 0) is 0 Å². The fraction of sp³-hybridized carbons (Fsp3) is 0.583. The largest absolute Gasteiger partial charge is 0.396 e. The summed E-state index contributed by atoms with van der Waals surface area (Å²) in [6.07, 6.45) is 3.96. The highest BCUT2D eigenvalue weighted by molar-refractivity contribution is 7.17. The lowest BCUT2D eigenvalue weighted by Crippen LogP contribution is -2.38. The first-order chi connectivity index (χ1) is 9.06. The second-order valence-electron chi connectivity index (χ2n) is 4.94. The number of thiophene rings is 1. The van der Waals surface area contributed by atoms with E-state index in [1.54, 1.807) is 0 Å². The molecular formula is C12H16N2O4S. The zero-order chi connectivity index (χ0) is 13.9. The van der Waals surface area contributed by atoms with Gasteiger partial charge >= 0.3 is 5.00 Å². The molecule has 0 unspecified atom stereocenters. The number of carbonyl (C=O) groups excluding carboxylic acids is 1. The Bertz CT molecular complexity index is 480. The minimum absolute atomic E-state index is 0.0390. The molecule has 1 amide bonds. The van der Waals surface area contributed by atoms with Crippen LogP contribution in [0.1, 0.15) is 35.4 Å². The van der Waals surface area contributed by atoms with E-state index in [1.165, 1.54) is 12.1 Å². The monoisotopic (exact) mass is 284 g/mol. The van der Waals surface area contributed by atoms with Crippen LogP contribution in [0.25, 0.3) is 0 Å². The third-order valence-electron chi connectivity index (χ3n) is 3.62. The van der Waals surface area contributed by atoms with Crippen LogP contribution < -0.4 is 5.32 Å². The van der Waals surface area contributed by atoms with Gasteiger partial charge in [0.05, 0.1) is 16.4 Å². The van der Waals surface area contributed by atoms with Gasteiger partial charge in [-0.15, -0.1) is 0 Å². The van der Waals surface area contributed by atoms with E-state index < -0.39 is 4.92 Å². The van der Waals surface area contributed by atoms with Crippen LogP contribution in [0.2, 0.25) is 0 Å². The Morgan fingerprint density at radius 1 is 1.47 bits per heavy atom. The average molecular weight is 284 g/mol. The van der Waals surface area contributed by atoms with Crippen molar-refractivity contribution in [3.63, 3.8) is 0 Å². The van der Waals surface area contributed by atoms with Crippen molar-refractivity contribution in [2.75, 3.05) is 13.2 Å². The summed E-state index contributed by atoms with van der Waals surface area (Å²) in [5.41, 5.74) is -0.209. The molecule has 0 atom stereocenters. The molecule has 1 fully saturated rings. The van der Waals surface area contributed by atoms with Crippen LogP contribution >= 0.6 is 11.3 Å². The molecule has 2 N–H and O–H groups in total. The molecule has 1 aliphatic carbocycles. The van der Waals surface area contributed by atoms with Gasteiger partial charge in [0, 0.05) is 18.0 Å². The molecule has 19 heavy (non-hydrogen) atoms. The quantitative estimate of drug-likeness (QED) is 0.638. The molecule has 1 aliphatic rings. The van der Waals surface area contributed by atoms with Crippen molar-refractivity contribution in [3.05, 3.63) is 27.1 Å². The van der Waals surface area contributed by atoms with Crippen molar-refractivity contribution in [2.24, 2.45) is 5.41 Å². The maximum atomic E-state index is 11.9. The predicted molar refractivity (Wildman–Crippen MR) is 71.3 cm³/mol. The van der Waals surface area contributed by atoms with E-state index in [0.717, 1.165) is 37.0 Å². The Kier molecular flexibility index (Phi) is 4.16. The van der Waals surface area contributed by atoms with E-state index >= 15 is 0 Å². The van der Waals surface area contributed by atoms with Gasteiger partial charge in [-0.2, -0.15) is 0 Å². The van der Waals surface area contributed by atoms with Crippen molar-refractivity contribution in [2.45, 2.75) is 25.7 Å². The van der Waals surface area contributed by atoms with E-state index in [1.807, 2.05) is 0 Å². The second kappa shape index (κ2) is 5.66. The smallest absolute Gasteiger partial charge is 0.324 e. The Morgan fingerprint density at radius 2 is 2.16 bits per heavy atom. The SMILES string of the molecule is O=C(NCC1(CO)CCCC1)c1ccc([N+](=O)[O-])s1. The topological polar surface area (TPSA) is 92.5 Å². The number of nitrogens with zero attached hydrogens (tertiary/aromatic N) is 1. The minimum Gasteiger partial charge on any atom is -0.396 e. The molecule has 0 spiro atoms. The molecule has 0 radical (unpaired) electrons. The van der Waals surface area contributed by atoms with Gasteiger partial charge in [0.15, 0.2) is 0 Å². The number of aliphatic hydroxyl groups is 1. The van der Waals surface area contributed by atoms with E-state index in [2.05, 4.69) is 5.32 Å². The van der Waals surface area contributed by atoms with Gasteiger partial charge in [0.2, 0.25) is 0 Å². The molecule has 0 aliphatic heterocycles. The van der Waals surface area contributed by atoms with Crippen LogP contribution in [0, 0.1) is 15.5 Å². The highest BCUT2D eigenvalue weighted by Gasteiger charge is 2.33. The van der Waals surface area contributed by atoms with Crippen LogP contribution in [0.3, 0.4) is 0 Å². The summed E-state index contributed by atoms with van der Waals surface area (Å²) in [6, 6.07) is 2.79. The Morgan fingerprint density at radius 3 is 2.68 bits per heavy atom. The first kappa shape index (κ1) is 14.0. The van der Waals surface area contributed by atoms with Crippen molar-refractivity contribution in [1.29, 1.82) is 0 Å². The summed E-state index contributed by atoms with van der Waals surface area (Å²) in [4.78, 5) is 22.3. The van der Waals surface area contributed by atoms with Crippen molar-refractivity contribution < 1.29 is 14.8 Å². The van der Waals surface area contributed by atoms with E-state index in [9.17, 15) is 20.0 Å². The van der Waals surface area contributed by atoms with Crippen LogP contribution in [-0.4, -0.2) is 29.1 Å². The molecule has 7 heteroatoms. The van der Waals surface area contributed by atoms with E-state index in [4.69, 9.17) is 0 Å². The zero-order valence-corrected chi connectivity index (χ0v) is 11.2. The first-order valence-electron chi connectivity index (χ1n) is 6.20. The number of nitrogens with one attached hydrogen (secondary N) is 1. The Hall–Kier alpha value is -1.47. The van der Waals surface area contributed by atoms with Gasteiger partial charge in [-0.05, 0) is 18.9 Å². The summed E-state index contributed by atoms with van der Waals surface area (Å²) in [5, 5.41) is 22.7. The van der Waals surface area contributed by atoms with Gasteiger partial charge in [-0.25, -0.2) is 0 Å². The summed E-state index contributed by atoms with van der Waals surface area (Å²) in [7, 11) is 0. The Balaban J connectivity index is 1.95. The lowest BCUT2D eigenvalue weighted by molar-refractivity contribution is -0.380. The molecule has 0 bridgehead atoms. The van der Waals surface area contributed by atoms with E-state index in [0.29, 0.717) is 11.4 Å². The third kappa shape index (κ3) is 3.10. The maximum absolute atomic E-state index is 11.9. The summed E-state index contributed by atoms with van der Waals surface area (Å²) in [6.45, 7) is 0.492. The van der Waals surface area contributed by atoms with Crippen LogP contribution in [0.4, 0.5) is 5.00 Å². The molecule has 1 aromatic rings. The number of nitro groups is 1. The van der Waals surface area contributed by atoms with Gasteiger partial charge in [0.1, 0.15) is 0 Å². The molecule has 6 nitrogen and oxygen atoms in total. The maximum Gasteiger partial charge on any atom is 0.324 e. The molecule has 0 aromatic carbocycles. The number of amides is 1. The van der Waals surface area contributed by atoms with Crippen molar-refractivity contribution in [1.82, 2.24) is 5.32 Å². The molecule has 1 heterocycles. The fourth-order valence-electron chi connectivity index (χ4n) is 2.42. The van der Waals surface area contributed by atoms with Crippen LogP contribution in [0.15, 0.2) is 12.1 Å². The molecule has 1 saturated carbocycles. The first-order valence-corrected chi connectivity index (χ1v) is 7.01. The zero-order valence-electron chi connectivity index (χ0n) is 10.4. The highest BCUT2D eigenvalue weighted by atomic mass is 32.1. The normalized spacial score (nSPS) is 17.3. The van der Waals surface area contributed by atoms with Crippen molar-refractivity contribution >= 4 is 22.2 Å². The average Bonchev–Trinajstić information content (AvgIpc) is 3.06.